The van der Waals surface area contributed by atoms with E-state index < -0.39 is 0 Å². The monoisotopic (exact) mass is 296 g/mol. The normalized spacial score (nSPS) is 26.4. The Balaban J connectivity index is 1.85. The van der Waals surface area contributed by atoms with Crippen molar-refractivity contribution < 1.29 is 14.3 Å². The molecule has 2 aliphatic rings. The summed E-state index contributed by atoms with van der Waals surface area (Å²) >= 11 is 1.47. The van der Waals surface area contributed by atoms with Crippen LogP contribution in [0.4, 0.5) is 5.13 Å². The van der Waals surface area contributed by atoms with Gasteiger partial charge in [-0.1, -0.05) is 24.2 Å². The van der Waals surface area contributed by atoms with E-state index >= 15 is 0 Å². The predicted molar refractivity (Wildman–Crippen MR) is 77.6 cm³/mol. The van der Waals surface area contributed by atoms with Crippen LogP contribution in [0.2, 0.25) is 0 Å². The van der Waals surface area contributed by atoms with Crippen LogP contribution in [-0.2, 0) is 16.1 Å². The zero-order valence-corrected chi connectivity index (χ0v) is 12.5. The molecule has 0 spiro atoms. The Morgan fingerprint density at radius 2 is 2.35 bits per heavy atom. The van der Waals surface area contributed by atoms with Gasteiger partial charge in [-0.25, -0.2) is 4.98 Å². The molecule has 0 radical (unpaired) electrons. The minimum atomic E-state index is 0.326. The summed E-state index contributed by atoms with van der Waals surface area (Å²) in [5.41, 5.74) is 0.751. The van der Waals surface area contributed by atoms with Gasteiger partial charge in [-0.3, -0.25) is 4.79 Å². The van der Waals surface area contributed by atoms with Crippen molar-refractivity contribution in [1.29, 1.82) is 0 Å². The number of fused-ring (bicyclic) bond motifs is 1. The summed E-state index contributed by atoms with van der Waals surface area (Å²) < 4.78 is 11.0. The maximum Gasteiger partial charge on any atom is 0.186 e. The van der Waals surface area contributed by atoms with Crippen LogP contribution in [0.1, 0.15) is 41.0 Å². The fourth-order valence-corrected chi connectivity index (χ4v) is 4.11. The summed E-state index contributed by atoms with van der Waals surface area (Å²) in [4.78, 5) is 18.8. The predicted octanol–water partition coefficient (Wildman–Crippen LogP) is 2.25. The summed E-state index contributed by atoms with van der Waals surface area (Å²) in [6.45, 7) is 2.00. The highest BCUT2D eigenvalue weighted by atomic mass is 32.1. The fraction of sp³-hybridized carbons (Fsp3) is 0.714. The molecular formula is C14H20N2O3S. The smallest absolute Gasteiger partial charge is 0.186 e. The number of ether oxygens (including phenoxy) is 2. The van der Waals surface area contributed by atoms with Gasteiger partial charge < -0.3 is 14.4 Å². The lowest BCUT2D eigenvalue weighted by Gasteiger charge is -2.43. The Hall–Kier alpha value is -0.980. The van der Waals surface area contributed by atoms with Gasteiger partial charge in [-0.15, -0.1) is 0 Å². The third-order valence-electron chi connectivity index (χ3n) is 4.08. The van der Waals surface area contributed by atoms with Crippen molar-refractivity contribution in [3.63, 3.8) is 0 Å². The first kappa shape index (κ1) is 14.0. The fourth-order valence-electron chi connectivity index (χ4n) is 3.14. The molecule has 1 aliphatic carbocycles. The van der Waals surface area contributed by atoms with Crippen LogP contribution in [0.3, 0.4) is 0 Å². The molecular weight excluding hydrogens is 276 g/mol. The number of hydrogen-bond acceptors (Lipinski definition) is 6. The number of nitrogens with zero attached hydrogens (tertiary/aromatic N) is 2. The number of hydrogen-bond donors (Lipinski definition) is 0. The largest absolute Gasteiger partial charge is 0.378 e. The number of thiazole rings is 1. The van der Waals surface area contributed by atoms with Gasteiger partial charge in [-0.2, -0.15) is 0 Å². The Morgan fingerprint density at radius 1 is 1.50 bits per heavy atom. The maximum absolute atomic E-state index is 11.2. The van der Waals surface area contributed by atoms with Crippen LogP contribution < -0.4 is 4.90 Å². The summed E-state index contributed by atoms with van der Waals surface area (Å²) in [5.74, 6) is 0. The minimum Gasteiger partial charge on any atom is -0.378 e. The number of anilines is 1. The molecule has 1 aromatic heterocycles. The first-order chi connectivity index (χ1) is 9.83. The van der Waals surface area contributed by atoms with E-state index in [1.165, 1.54) is 24.2 Å². The third kappa shape index (κ3) is 2.60. The highest BCUT2D eigenvalue weighted by molar-refractivity contribution is 7.17. The van der Waals surface area contributed by atoms with Gasteiger partial charge in [0.25, 0.3) is 0 Å². The lowest BCUT2D eigenvalue weighted by atomic mass is 9.90. The van der Waals surface area contributed by atoms with E-state index in [1.807, 2.05) is 0 Å². The Kier molecular flexibility index (Phi) is 4.33. The van der Waals surface area contributed by atoms with E-state index in [4.69, 9.17) is 9.47 Å². The van der Waals surface area contributed by atoms with Crippen LogP contribution in [0.5, 0.6) is 0 Å². The molecule has 2 fully saturated rings. The number of rotatable bonds is 4. The zero-order valence-electron chi connectivity index (χ0n) is 11.7. The second-order valence-corrected chi connectivity index (χ2v) is 6.32. The number of methoxy groups -OCH3 is 1. The summed E-state index contributed by atoms with van der Waals surface area (Å²) in [5, 5.41) is 0.944. The highest BCUT2D eigenvalue weighted by Gasteiger charge is 2.35. The second-order valence-electron chi connectivity index (χ2n) is 5.31. The highest BCUT2D eigenvalue weighted by Crippen LogP contribution is 2.34. The quantitative estimate of drug-likeness (QED) is 0.798. The molecule has 0 N–H and O–H groups in total. The zero-order chi connectivity index (χ0) is 13.9. The van der Waals surface area contributed by atoms with Crippen LogP contribution >= 0.6 is 11.3 Å². The first-order valence-corrected chi connectivity index (χ1v) is 7.97. The maximum atomic E-state index is 11.2. The second kappa shape index (κ2) is 6.20. The van der Waals surface area contributed by atoms with Crippen molar-refractivity contribution in [2.24, 2.45) is 0 Å². The number of aromatic nitrogens is 1. The summed E-state index contributed by atoms with van der Waals surface area (Å²) in [6, 6.07) is 0.415. The molecule has 1 saturated carbocycles. The molecule has 0 bridgehead atoms. The molecule has 6 heteroatoms. The molecule has 2 atom stereocenters. The Morgan fingerprint density at radius 3 is 3.15 bits per heavy atom. The number of aldehydes is 1. The van der Waals surface area contributed by atoms with Gasteiger partial charge in [0.15, 0.2) is 11.4 Å². The first-order valence-electron chi connectivity index (χ1n) is 7.15. The van der Waals surface area contributed by atoms with E-state index in [2.05, 4.69) is 9.88 Å². The molecule has 110 valence electrons. The van der Waals surface area contributed by atoms with E-state index in [-0.39, 0.29) is 0 Å². The molecule has 0 aromatic carbocycles. The van der Waals surface area contributed by atoms with Crippen molar-refractivity contribution in [3.8, 4) is 0 Å². The van der Waals surface area contributed by atoms with E-state index in [0.29, 0.717) is 23.6 Å². The molecule has 0 amide bonds. The average Bonchev–Trinajstić information content (AvgIpc) is 2.90. The molecule has 3 rings (SSSR count). The Bertz CT molecular complexity index is 475. The molecule has 1 aromatic rings. The van der Waals surface area contributed by atoms with Crippen LogP contribution in [0.15, 0.2) is 0 Å². The third-order valence-corrected chi connectivity index (χ3v) is 5.14. The van der Waals surface area contributed by atoms with Crippen LogP contribution in [0.25, 0.3) is 0 Å². The van der Waals surface area contributed by atoms with Crippen molar-refractivity contribution >= 4 is 22.8 Å². The minimum absolute atomic E-state index is 0.326. The number of carbonyl (C=O) groups excluding carboxylic acids is 1. The van der Waals surface area contributed by atoms with Crippen LogP contribution in [-0.4, -0.2) is 43.7 Å². The van der Waals surface area contributed by atoms with Gasteiger partial charge in [-0.05, 0) is 12.8 Å². The Labute approximate surface area is 122 Å². The van der Waals surface area contributed by atoms with Crippen molar-refractivity contribution in [2.75, 3.05) is 25.2 Å². The number of carbonyl (C=O) groups is 1. The molecule has 2 unspecified atom stereocenters. The molecule has 20 heavy (non-hydrogen) atoms. The van der Waals surface area contributed by atoms with E-state index in [0.717, 1.165) is 43.1 Å². The van der Waals surface area contributed by atoms with Crippen molar-refractivity contribution in [2.45, 2.75) is 44.4 Å². The van der Waals surface area contributed by atoms with Gasteiger partial charge >= 0.3 is 0 Å². The van der Waals surface area contributed by atoms with Crippen molar-refractivity contribution in [3.05, 3.63) is 10.6 Å². The molecule has 5 nitrogen and oxygen atoms in total. The SMILES string of the molecule is COCc1nc(N2CCOC3CCCCC32)sc1C=O. The standard InChI is InChI=1S/C14H20N2O3S/c1-18-9-10-13(8-17)20-14(15-10)16-6-7-19-12-5-3-2-4-11(12)16/h8,11-12H,2-7,9H2,1H3. The molecule has 2 heterocycles. The summed E-state index contributed by atoms with van der Waals surface area (Å²) in [6.07, 6.45) is 6.00. The van der Waals surface area contributed by atoms with E-state index in [9.17, 15) is 4.79 Å². The van der Waals surface area contributed by atoms with E-state index in [1.54, 1.807) is 7.11 Å². The molecule has 1 aliphatic heterocycles. The van der Waals surface area contributed by atoms with Gasteiger partial charge in [0.1, 0.15) is 0 Å². The summed E-state index contributed by atoms with van der Waals surface area (Å²) in [7, 11) is 1.62. The van der Waals surface area contributed by atoms with Gasteiger partial charge in [0, 0.05) is 13.7 Å². The topological polar surface area (TPSA) is 51.7 Å². The average molecular weight is 296 g/mol. The molecule has 1 saturated heterocycles. The number of morpholine rings is 1. The lowest BCUT2D eigenvalue weighted by molar-refractivity contribution is -0.00871. The lowest BCUT2D eigenvalue weighted by Crippen LogP contribution is -2.52. The van der Waals surface area contributed by atoms with Crippen LogP contribution in [0, 0.1) is 0 Å². The van der Waals surface area contributed by atoms with Gasteiger partial charge in [0.05, 0.1) is 35.9 Å². The van der Waals surface area contributed by atoms with Crippen molar-refractivity contribution in [1.82, 2.24) is 4.98 Å². The van der Waals surface area contributed by atoms with Gasteiger partial charge in [0.2, 0.25) is 0 Å².